The van der Waals surface area contributed by atoms with Gasteiger partial charge in [0.2, 0.25) is 5.78 Å². The zero-order valence-corrected chi connectivity index (χ0v) is 10.9. The fraction of sp³-hybridized carbons (Fsp3) is 0.667. The average Bonchev–Trinajstić information content (AvgIpc) is 2.72. The van der Waals surface area contributed by atoms with Crippen LogP contribution in [0.5, 0.6) is 5.75 Å². The summed E-state index contributed by atoms with van der Waals surface area (Å²) in [6.07, 6.45) is 2.01. The zero-order valence-electron chi connectivity index (χ0n) is 10.9. The highest BCUT2D eigenvalue weighted by molar-refractivity contribution is 6.00. The number of methoxy groups -OCH3 is 1. The molecule has 5 nitrogen and oxygen atoms in total. The molecule has 96 valence electrons. The van der Waals surface area contributed by atoms with E-state index in [1.807, 2.05) is 13.8 Å². The SMILES string of the molecule is CCCn1ncc(OC)c1C(=O)C(C)OCC. The first-order valence-electron chi connectivity index (χ1n) is 5.91. The maximum absolute atomic E-state index is 12.2. The Kier molecular flexibility index (Phi) is 5.15. The van der Waals surface area contributed by atoms with Crippen LogP contribution in [0.15, 0.2) is 6.20 Å². The number of ether oxygens (including phenoxy) is 2. The van der Waals surface area contributed by atoms with Crippen LogP contribution in [-0.4, -0.2) is 35.4 Å². The van der Waals surface area contributed by atoms with Crippen molar-refractivity contribution in [1.29, 1.82) is 0 Å². The number of nitrogens with zero attached hydrogens (tertiary/aromatic N) is 2. The first-order chi connectivity index (χ1) is 8.15. The van der Waals surface area contributed by atoms with E-state index in [0.29, 0.717) is 24.6 Å². The second kappa shape index (κ2) is 6.39. The second-order valence-electron chi connectivity index (χ2n) is 3.75. The molecule has 1 atom stereocenters. The van der Waals surface area contributed by atoms with E-state index in [1.54, 1.807) is 17.8 Å². The van der Waals surface area contributed by atoms with Gasteiger partial charge in [0.25, 0.3) is 0 Å². The van der Waals surface area contributed by atoms with Gasteiger partial charge in [-0.3, -0.25) is 9.48 Å². The number of carbonyl (C=O) groups is 1. The lowest BCUT2D eigenvalue weighted by molar-refractivity contribution is 0.0507. The van der Waals surface area contributed by atoms with E-state index in [2.05, 4.69) is 5.10 Å². The number of carbonyl (C=O) groups excluding carboxylic acids is 1. The van der Waals surface area contributed by atoms with Gasteiger partial charge < -0.3 is 9.47 Å². The Morgan fingerprint density at radius 2 is 2.24 bits per heavy atom. The quantitative estimate of drug-likeness (QED) is 0.683. The van der Waals surface area contributed by atoms with Gasteiger partial charge in [-0.05, 0) is 20.3 Å². The standard InChI is InChI=1S/C12H20N2O3/c1-5-7-14-11(10(16-4)8-13-14)12(15)9(3)17-6-2/h8-9H,5-7H2,1-4H3. The molecule has 1 unspecified atom stereocenters. The van der Waals surface area contributed by atoms with Gasteiger partial charge in [0.05, 0.1) is 13.3 Å². The molecule has 17 heavy (non-hydrogen) atoms. The second-order valence-corrected chi connectivity index (χ2v) is 3.75. The van der Waals surface area contributed by atoms with E-state index in [9.17, 15) is 4.79 Å². The summed E-state index contributed by atoms with van der Waals surface area (Å²) in [5.41, 5.74) is 0.496. The molecule has 0 N–H and O–H groups in total. The summed E-state index contributed by atoms with van der Waals surface area (Å²) in [6, 6.07) is 0. The summed E-state index contributed by atoms with van der Waals surface area (Å²) in [5, 5.41) is 4.16. The van der Waals surface area contributed by atoms with Crippen LogP contribution in [-0.2, 0) is 11.3 Å². The summed E-state index contributed by atoms with van der Waals surface area (Å²) < 4.78 is 12.2. The lowest BCUT2D eigenvalue weighted by Crippen LogP contribution is -2.24. The predicted octanol–water partition coefficient (Wildman–Crippen LogP) is 1.91. The molecule has 0 amide bonds. The van der Waals surface area contributed by atoms with E-state index in [-0.39, 0.29) is 5.78 Å². The molecular formula is C12H20N2O3. The predicted molar refractivity (Wildman–Crippen MR) is 64.5 cm³/mol. The van der Waals surface area contributed by atoms with Gasteiger partial charge in [0.15, 0.2) is 5.75 Å². The van der Waals surface area contributed by atoms with Gasteiger partial charge in [-0.25, -0.2) is 0 Å². The minimum atomic E-state index is -0.471. The van der Waals surface area contributed by atoms with Crippen molar-refractivity contribution in [3.05, 3.63) is 11.9 Å². The molecule has 0 spiro atoms. The van der Waals surface area contributed by atoms with Crippen LogP contribution >= 0.6 is 0 Å². The highest BCUT2D eigenvalue weighted by Crippen LogP contribution is 2.20. The molecule has 5 heteroatoms. The number of hydrogen-bond acceptors (Lipinski definition) is 4. The fourth-order valence-corrected chi connectivity index (χ4v) is 1.67. The number of hydrogen-bond donors (Lipinski definition) is 0. The molecule has 0 aromatic carbocycles. The highest BCUT2D eigenvalue weighted by atomic mass is 16.5. The summed E-state index contributed by atoms with van der Waals surface area (Å²) in [6.45, 7) is 6.85. The number of aryl methyl sites for hydroxylation is 1. The summed E-state index contributed by atoms with van der Waals surface area (Å²) in [7, 11) is 1.54. The van der Waals surface area contributed by atoms with Gasteiger partial charge in [-0.15, -0.1) is 0 Å². The van der Waals surface area contributed by atoms with E-state index in [4.69, 9.17) is 9.47 Å². The Balaban J connectivity index is 3.00. The smallest absolute Gasteiger partial charge is 0.213 e. The third-order valence-corrected chi connectivity index (χ3v) is 2.48. The van der Waals surface area contributed by atoms with Crippen molar-refractivity contribution < 1.29 is 14.3 Å². The molecule has 0 aliphatic heterocycles. The molecule has 1 aromatic rings. The van der Waals surface area contributed by atoms with Crippen molar-refractivity contribution in [1.82, 2.24) is 9.78 Å². The molecule has 1 rings (SSSR count). The van der Waals surface area contributed by atoms with Gasteiger partial charge in [0.1, 0.15) is 11.8 Å². The van der Waals surface area contributed by atoms with Crippen LogP contribution in [0.2, 0.25) is 0 Å². The highest BCUT2D eigenvalue weighted by Gasteiger charge is 2.24. The van der Waals surface area contributed by atoms with E-state index in [0.717, 1.165) is 6.42 Å². The van der Waals surface area contributed by atoms with Crippen molar-refractivity contribution in [3.63, 3.8) is 0 Å². The van der Waals surface area contributed by atoms with Crippen molar-refractivity contribution in [3.8, 4) is 5.75 Å². The van der Waals surface area contributed by atoms with E-state index >= 15 is 0 Å². The lowest BCUT2D eigenvalue weighted by Gasteiger charge is -2.12. The lowest BCUT2D eigenvalue weighted by atomic mass is 10.2. The van der Waals surface area contributed by atoms with Crippen molar-refractivity contribution >= 4 is 5.78 Å². The van der Waals surface area contributed by atoms with Crippen LogP contribution in [0.1, 0.15) is 37.7 Å². The van der Waals surface area contributed by atoms with Crippen LogP contribution in [0.4, 0.5) is 0 Å². The zero-order chi connectivity index (χ0) is 12.8. The molecule has 0 radical (unpaired) electrons. The van der Waals surface area contributed by atoms with Gasteiger partial charge in [-0.2, -0.15) is 5.10 Å². The minimum Gasteiger partial charge on any atom is -0.493 e. The third kappa shape index (κ3) is 3.06. The van der Waals surface area contributed by atoms with Crippen LogP contribution in [0, 0.1) is 0 Å². The first-order valence-corrected chi connectivity index (χ1v) is 5.91. The topological polar surface area (TPSA) is 53.4 Å². The van der Waals surface area contributed by atoms with Crippen LogP contribution in [0.3, 0.4) is 0 Å². The van der Waals surface area contributed by atoms with Crippen molar-refractivity contribution in [2.45, 2.75) is 39.8 Å². The number of rotatable bonds is 7. The molecule has 0 aliphatic rings. The van der Waals surface area contributed by atoms with Crippen LogP contribution < -0.4 is 4.74 Å². The van der Waals surface area contributed by atoms with Crippen LogP contribution in [0.25, 0.3) is 0 Å². The van der Waals surface area contributed by atoms with Gasteiger partial charge >= 0.3 is 0 Å². The monoisotopic (exact) mass is 240 g/mol. The fourth-order valence-electron chi connectivity index (χ4n) is 1.67. The Morgan fingerprint density at radius 1 is 1.53 bits per heavy atom. The molecule has 1 heterocycles. The minimum absolute atomic E-state index is 0.0883. The van der Waals surface area contributed by atoms with Gasteiger partial charge in [0, 0.05) is 13.2 Å². The Morgan fingerprint density at radius 3 is 2.76 bits per heavy atom. The first kappa shape index (κ1) is 13.7. The average molecular weight is 240 g/mol. The normalized spacial score (nSPS) is 12.5. The largest absolute Gasteiger partial charge is 0.493 e. The van der Waals surface area contributed by atoms with Crippen molar-refractivity contribution in [2.75, 3.05) is 13.7 Å². The van der Waals surface area contributed by atoms with E-state index < -0.39 is 6.10 Å². The molecule has 1 aromatic heterocycles. The maximum Gasteiger partial charge on any atom is 0.213 e. The number of Topliss-reactive ketones (excluding diaryl/α,β-unsaturated/α-hetero) is 1. The summed E-state index contributed by atoms with van der Waals surface area (Å²) >= 11 is 0. The molecule has 0 bridgehead atoms. The molecule has 0 aliphatic carbocycles. The molecule has 0 saturated carbocycles. The van der Waals surface area contributed by atoms with Gasteiger partial charge in [-0.1, -0.05) is 6.92 Å². The third-order valence-electron chi connectivity index (χ3n) is 2.48. The van der Waals surface area contributed by atoms with Crippen molar-refractivity contribution in [2.24, 2.45) is 0 Å². The maximum atomic E-state index is 12.2. The Labute approximate surface area is 102 Å². The Bertz CT molecular complexity index is 374. The Hall–Kier alpha value is -1.36. The number of ketones is 1. The molecular weight excluding hydrogens is 220 g/mol. The molecule has 0 saturated heterocycles. The summed E-state index contributed by atoms with van der Waals surface area (Å²) in [5.74, 6) is 0.421. The summed E-state index contributed by atoms with van der Waals surface area (Å²) in [4.78, 5) is 12.2. The number of aromatic nitrogens is 2. The van der Waals surface area contributed by atoms with E-state index in [1.165, 1.54) is 7.11 Å². The molecule has 0 fully saturated rings.